The van der Waals surface area contributed by atoms with Crippen LogP contribution in [0.25, 0.3) is 0 Å². The molecule has 0 saturated heterocycles. The molecule has 0 spiro atoms. The van der Waals surface area contributed by atoms with Crippen LogP contribution in [0.2, 0.25) is 5.02 Å². The highest BCUT2D eigenvalue weighted by atomic mass is 35.5. The Morgan fingerprint density at radius 3 is 2.33 bits per heavy atom. The number of carbonyl (C=O) groups is 1. The van der Waals surface area contributed by atoms with E-state index in [1.807, 2.05) is 32.0 Å². The normalized spacial score (nSPS) is 13.1. The Hall–Kier alpha value is -2.00. The van der Waals surface area contributed by atoms with E-state index in [1.54, 1.807) is 12.1 Å². The van der Waals surface area contributed by atoms with Crippen molar-refractivity contribution in [3.8, 4) is 11.5 Å². The van der Waals surface area contributed by atoms with E-state index in [9.17, 15) is 4.79 Å². The third kappa shape index (κ3) is 2.61. The Kier molecular flexibility index (Phi) is 3.60. The van der Waals surface area contributed by atoms with Crippen LogP contribution >= 0.6 is 11.6 Å². The smallest absolute Gasteiger partial charge is 0.194 e. The number of aryl methyl sites for hydroxylation is 2. The highest BCUT2D eigenvalue weighted by Crippen LogP contribution is 2.36. The molecule has 0 aliphatic carbocycles. The average Bonchev–Trinajstić information content (AvgIpc) is 2.48. The van der Waals surface area contributed by atoms with Crippen LogP contribution in [0.1, 0.15) is 27.0 Å². The summed E-state index contributed by atoms with van der Waals surface area (Å²) in [6, 6.07) is 8.94. The molecular formula is C17H15ClO3. The van der Waals surface area contributed by atoms with Crippen molar-refractivity contribution in [1.82, 2.24) is 0 Å². The molecule has 1 aliphatic heterocycles. The summed E-state index contributed by atoms with van der Waals surface area (Å²) in [4.78, 5) is 12.6. The first-order valence-corrected chi connectivity index (χ1v) is 7.15. The van der Waals surface area contributed by atoms with Crippen molar-refractivity contribution in [3.05, 3.63) is 57.6 Å². The van der Waals surface area contributed by atoms with Gasteiger partial charge in [0.2, 0.25) is 0 Å². The lowest BCUT2D eigenvalue weighted by atomic mass is 9.99. The van der Waals surface area contributed by atoms with Gasteiger partial charge in [-0.2, -0.15) is 0 Å². The maximum absolute atomic E-state index is 12.6. The number of ketones is 1. The lowest BCUT2D eigenvalue weighted by Crippen LogP contribution is -2.16. The fraction of sp³-hybridized carbons (Fsp3) is 0.235. The monoisotopic (exact) mass is 302 g/mol. The molecule has 3 rings (SSSR count). The third-order valence-electron chi connectivity index (χ3n) is 3.65. The minimum absolute atomic E-state index is 0.111. The summed E-state index contributed by atoms with van der Waals surface area (Å²) < 4.78 is 11.0. The molecule has 0 atom stereocenters. The summed E-state index contributed by atoms with van der Waals surface area (Å²) in [7, 11) is 0. The number of fused-ring (bicyclic) bond motifs is 1. The van der Waals surface area contributed by atoms with Gasteiger partial charge in [0.25, 0.3) is 0 Å². The molecule has 1 heterocycles. The van der Waals surface area contributed by atoms with E-state index < -0.39 is 0 Å². The quantitative estimate of drug-likeness (QED) is 0.788. The van der Waals surface area contributed by atoms with Gasteiger partial charge in [0.1, 0.15) is 13.2 Å². The van der Waals surface area contributed by atoms with E-state index in [4.69, 9.17) is 21.1 Å². The van der Waals surface area contributed by atoms with E-state index in [-0.39, 0.29) is 5.78 Å². The zero-order valence-corrected chi connectivity index (χ0v) is 12.7. The van der Waals surface area contributed by atoms with Gasteiger partial charge < -0.3 is 9.47 Å². The molecule has 0 radical (unpaired) electrons. The van der Waals surface area contributed by atoms with Crippen LogP contribution in [-0.2, 0) is 0 Å². The predicted molar refractivity (Wildman–Crippen MR) is 81.8 cm³/mol. The first-order chi connectivity index (χ1) is 10.1. The van der Waals surface area contributed by atoms with Gasteiger partial charge in [-0.3, -0.25) is 4.79 Å². The lowest BCUT2D eigenvalue weighted by Gasteiger charge is -2.19. The summed E-state index contributed by atoms with van der Waals surface area (Å²) in [6.45, 7) is 4.97. The second kappa shape index (κ2) is 5.41. The van der Waals surface area contributed by atoms with E-state index in [0.29, 0.717) is 40.9 Å². The van der Waals surface area contributed by atoms with Crippen molar-refractivity contribution < 1.29 is 14.3 Å². The Bertz CT molecular complexity index is 722. The first-order valence-electron chi connectivity index (χ1n) is 6.77. The summed E-state index contributed by atoms with van der Waals surface area (Å²) in [5.74, 6) is 1.04. The molecule has 0 N–H and O–H groups in total. The molecule has 1 aliphatic rings. The first kappa shape index (κ1) is 14.0. The van der Waals surface area contributed by atoms with Gasteiger partial charge in [-0.25, -0.2) is 0 Å². The number of halogens is 1. The molecule has 21 heavy (non-hydrogen) atoms. The fourth-order valence-electron chi connectivity index (χ4n) is 2.28. The molecule has 0 bridgehead atoms. The van der Waals surface area contributed by atoms with Crippen LogP contribution in [0.4, 0.5) is 0 Å². The van der Waals surface area contributed by atoms with E-state index in [2.05, 4.69) is 0 Å². The molecule has 3 nitrogen and oxygen atoms in total. The summed E-state index contributed by atoms with van der Waals surface area (Å²) in [6.07, 6.45) is 0. The topological polar surface area (TPSA) is 35.5 Å². The summed E-state index contributed by atoms with van der Waals surface area (Å²) in [5.41, 5.74) is 3.29. The van der Waals surface area contributed by atoms with Crippen molar-refractivity contribution in [2.75, 3.05) is 13.2 Å². The van der Waals surface area contributed by atoms with Gasteiger partial charge in [-0.15, -0.1) is 0 Å². The molecule has 2 aromatic rings. The van der Waals surface area contributed by atoms with Crippen molar-refractivity contribution in [3.63, 3.8) is 0 Å². The van der Waals surface area contributed by atoms with E-state index in [0.717, 1.165) is 11.1 Å². The Balaban J connectivity index is 2.03. The van der Waals surface area contributed by atoms with E-state index >= 15 is 0 Å². The van der Waals surface area contributed by atoms with Crippen LogP contribution in [-0.4, -0.2) is 19.0 Å². The zero-order chi connectivity index (χ0) is 15.0. The molecule has 0 aromatic heterocycles. The number of carbonyl (C=O) groups excluding carboxylic acids is 1. The Labute approximate surface area is 128 Å². The standard InChI is InChI=1S/C17H15ClO3/c1-10-3-4-12(7-11(10)2)17(19)13-8-15-16(9-14(13)18)21-6-5-20-15/h3-4,7-9H,5-6H2,1-2H3. The Morgan fingerprint density at radius 1 is 1.00 bits per heavy atom. The molecule has 0 fully saturated rings. The largest absolute Gasteiger partial charge is 0.486 e. The van der Waals surface area contributed by atoms with Crippen LogP contribution < -0.4 is 9.47 Å². The highest BCUT2D eigenvalue weighted by molar-refractivity contribution is 6.35. The van der Waals surface area contributed by atoms with Gasteiger partial charge >= 0.3 is 0 Å². The zero-order valence-electron chi connectivity index (χ0n) is 11.9. The van der Waals surface area contributed by atoms with Crippen LogP contribution in [0.5, 0.6) is 11.5 Å². The van der Waals surface area contributed by atoms with Gasteiger partial charge in [-0.05, 0) is 37.1 Å². The van der Waals surface area contributed by atoms with E-state index in [1.165, 1.54) is 0 Å². The third-order valence-corrected chi connectivity index (χ3v) is 3.96. The van der Waals surface area contributed by atoms with Gasteiger partial charge in [0.05, 0.1) is 5.02 Å². The second-order valence-corrected chi connectivity index (χ2v) is 5.51. The number of benzene rings is 2. The summed E-state index contributed by atoms with van der Waals surface area (Å²) in [5, 5.41) is 0.377. The van der Waals surface area contributed by atoms with Crippen molar-refractivity contribution in [1.29, 1.82) is 0 Å². The minimum atomic E-state index is -0.111. The molecule has 4 heteroatoms. The molecule has 0 unspecified atom stereocenters. The van der Waals surface area contributed by atoms with Crippen LogP contribution in [0.3, 0.4) is 0 Å². The van der Waals surface area contributed by atoms with Gasteiger partial charge in [0.15, 0.2) is 17.3 Å². The van der Waals surface area contributed by atoms with Crippen LogP contribution in [0.15, 0.2) is 30.3 Å². The van der Waals surface area contributed by atoms with Crippen molar-refractivity contribution >= 4 is 17.4 Å². The molecule has 0 saturated carbocycles. The predicted octanol–water partition coefficient (Wildman–Crippen LogP) is 3.96. The Morgan fingerprint density at radius 2 is 1.67 bits per heavy atom. The second-order valence-electron chi connectivity index (χ2n) is 5.10. The fourth-order valence-corrected chi connectivity index (χ4v) is 2.52. The minimum Gasteiger partial charge on any atom is -0.486 e. The van der Waals surface area contributed by atoms with Gasteiger partial charge in [-0.1, -0.05) is 23.7 Å². The molecule has 2 aromatic carbocycles. The average molecular weight is 303 g/mol. The highest BCUT2D eigenvalue weighted by Gasteiger charge is 2.20. The maximum Gasteiger partial charge on any atom is 0.194 e. The molecule has 0 amide bonds. The number of hydrogen-bond acceptors (Lipinski definition) is 3. The lowest BCUT2D eigenvalue weighted by molar-refractivity contribution is 0.103. The number of rotatable bonds is 2. The SMILES string of the molecule is Cc1ccc(C(=O)c2cc3c(cc2Cl)OCCO3)cc1C. The van der Waals surface area contributed by atoms with Crippen LogP contribution in [0, 0.1) is 13.8 Å². The number of ether oxygens (including phenoxy) is 2. The van der Waals surface area contributed by atoms with Crippen molar-refractivity contribution in [2.45, 2.75) is 13.8 Å². The molecule has 108 valence electrons. The summed E-state index contributed by atoms with van der Waals surface area (Å²) >= 11 is 6.22. The maximum atomic E-state index is 12.6. The number of hydrogen-bond donors (Lipinski definition) is 0. The molecular weight excluding hydrogens is 288 g/mol. The van der Waals surface area contributed by atoms with Crippen molar-refractivity contribution in [2.24, 2.45) is 0 Å². The van der Waals surface area contributed by atoms with Gasteiger partial charge in [0, 0.05) is 17.2 Å².